The topological polar surface area (TPSA) is 53.1 Å². The van der Waals surface area contributed by atoms with E-state index >= 15 is 0 Å². The number of hydrogen-bond donors (Lipinski definition) is 2. The van der Waals surface area contributed by atoms with Crippen LogP contribution >= 0.6 is 15.9 Å². The Hall–Kier alpha value is -1.24. The van der Waals surface area contributed by atoms with Crippen LogP contribution in [0, 0.1) is 5.41 Å². The third-order valence-electron chi connectivity index (χ3n) is 2.45. The van der Waals surface area contributed by atoms with Crippen molar-refractivity contribution in [2.75, 3.05) is 18.0 Å². The smallest absolute Gasteiger partial charge is 0.384 e. The summed E-state index contributed by atoms with van der Waals surface area (Å²) >= 11 is 3.23. The number of nitrogens with zero attached hydrogens (tertiary/aromatic N) is 1. The Morgan fingerprint density at radius 1 is 1.42 bits per heavy atom. The molecule has 1 aromatic carbocycles. The van der Waals surface area contributed by atoms with Gasteiger partial charge < -0.3 is 10.6 Å². The summed E-state index contributed by atoms with van der Waals surface area (Å²) in [4.78, 5) is 1.20. The van der Waals surface area contributed by atoms with E-state index < -0.39 is 12.7 Å². The molecule has 0 saturated heterocycles. The van der Waals surface area contributed by atoms with Gasteiger partial charge in [0.25, 0.3) is 0 Å². The summed E-state index contributed by atoms with van der Waals surface area (Å²) in [5.74, 6) is -0.245. The zero-order valence-corrected chi connectivity index (χ0v) is 12.0. The summed E-state index contributed by atoms with van der Waals surface area (Å²) in [5, 5.41) is 7.46. The van der Waals surface area contributed by atoms with Crippen molar-refractivity contribution in [1.29, 1.82) is 5.41 Å². The molecule has 1 rings (SSSR count). The van der Waals surface area contributed by atoms with Crippen LogP contribution in [0.25, 0.3) is 0 Å². The van der Waals surface area contributed by atoms with Crippen LogP contribution in [0.1, 0.15) is 18.9 Å². The van der Waals surface area contributed by atoms with Gasteiger partial charge in [0.2, 0.25) is 0 Å². The van der Waals surface area contributed by atoms with Gasteiger partial charge in [-0.05, 0) is 24.6 Å². The molecule has 0 heterocycles. The van der Waals surface area contributed by atoms with E-state index in [1.54, 1.807) is 25.1 Å². The molecule has 0 fully saturated rings. The summed E-state index contributed by atoms with van der Waals surface area (Å²) in [7, 11) is 0. The molecule has 0 saturated carbocycles. The fourth-order valence-corrected chi connectivity index (χ4v) is 2.11. The molecule has 3 N–H and O–H groups in total. The van der Waals surface area contributed by atoms with Crippen LogP contribution in [0.5, 0.6) is 0 Å². The van der Waals surface area contributed by atoms with Crippen LogP contribution in [-0.2, 0) is 0 Å². The molecule has 0 aliphatic heterocycles. The maximum absolute atomic E-state index is 12.6. The summed E-state index contributed by atoms with van der Waals surface area (Å²) < 4.78 is 38.5. The van der Waals surface area contributed by atoms with E-state index in [1.165, 1.54) is 4.90 Å². The van der Waals surface area contributed by atoms with Crippen molar-refractivity contribution in [2.45, 2.75) is 19.5 Å². The van der Waals surface area contributed by atoms with Gasteiger partial charge in [-0.2, -0.15) is 13.2 Å². The van der Waals surface area contributed by atoms with Crippen molar-refractivity contribution in [2.24, 2.45) is 5.73 Å². The first-order chi connectivity index (χ1) is 8.74. The Balaban J connectivity index is 3.20. The van der Waals surface area contributed by atoms with E-state index in [-0.39, 0.29) is 12.4 Å². The van der Waals surface area contributed by atoms with E-state index in [1.807, 2.05) is 0 Å². The number of halogens is 4. The van der Waals surface area contributed by atoms with Gasteiger partial charge >= 0.3 is 6.18 Å². The van der Waals surface area contributed by atoms with Gasteiger partial charge in [-0.3, -0.25) is 5.41 Å². The Bertz CT molecular complexity index is 460. The number of hydrogen-bond acceptors (Lipinski definition) is 2. The van der Waals surface area contributed by atoms with Gasteiger partial charge in [-0.25, -0.2) is 0 Å². The molecular weight excluding hydrogens is 323 g/mol. The summed E-state index contributed by atoms with van der Waals surface area (Å²) in [6.07, 6.45) is -3.73. The second-order valence-corrected chi connectivity index (χ2v) is 5.03. The fourth-order valence-electron chi connectivity index (χ4n) is 1.77. The summed E-state index contributed by atoms with van der Waals surface area (Å²) in [6, 6.07) is 4.75. The molecule has 0 spiro atoms. The highest BCUT2D eigenvalue weighted by Crippen LogP contribution is 2.28. The average molecular weight is 338 g/mol. The zero-order chi connectivity index (χ0) is 14.6. The molecule has 19 heavy (non-hydrogen) atoms. The number of anilines is 1. The molecule has 0 amide bonds. The lowest BCUT2D eigenvalue weighted by atomic mass is 10.1. The second-order valence-electron chi connectivity index (χ2n) is 4.11. The molecule has 0 radical (unpaired) electrons. The Labute approximate surface area is 118 Å². The van der Waals surface area contributed by atoms with Gasteiger partial charge in [0.05, 0.1) is 0 Å². The predicted molar refractivity (Wildman–Crippen MR) is 73.7 cm³/mol. The van der Waals surface area contributed by atoms with Crippen molar-refractivity contribution in [3.63, 3.8) is 0 Å². The first-order valence-corrected chi connectivity index (χ1v) is 6.49. The molecular formula is C12H15BrF3N3. The van der Waals surface area contributed by atoms with E-state index in [4.69, 9.17) is 11.1 Å². The van der Waals surface area contributed by atoms with E-state index in [0.29, 0.717) is 22.1 Å². The zero-order valence-electron chi connectivity index (χ0n) is 10.4. The number of alkyl halides is 3. The van der Waals surface area contributed by atoms with Gasteiger partial charge in [0, 0.05) is 22.3 Å². The molecule has 1 aromatic rings. The minimum atomic E-state index is -4.30. The summed E-state index contributed by atoms with van der Waals surface area (Å²) in [6.45, 7) is 0.989. The Morgan fingerprint density at radius 2 is 2.05 bits per heavy atom. The van der Waals surface area contributed by atoms with E-state index in [9.17, 15) is 13.2 Å². The summed E-state index contributed by atoms with van der Waals surface area (Å²) in [5.41, 5.74) is 6.05. The van der Waals surface area contributed by atoms with E-state index in [0.717, 1.165) is 0 Å². The standard InChI is InChI=1S/C12H15BrF3N3/c1-2-5-19(7-12(14,15)16)10-6-8(13)3-4-9(10)11(17)18/h3-4,6H,2,5,7H2,1H3,(H3,17,18). The Morgan fingerprint density at radius 3 is 2.53 bits per heavy atom. The van der Waals surface area contributed by atoms with E-state index in [2.05, 4.69) is 15.9 Å². The molecule has 0 unspecified atom stereocenters. The van der Waals surface area contributed by atoms with Crippen molar-refractivity contribution in [3.8, 4) is 0 Å². The minimum Gasteiger partial charge on any atom is -0.384 e. The maximum Gasteiger partial charge on any atom is 0.405 e. The average Bonchev–Trinajstić information content (AvgIpc) is 2.26. The minimum absolute atomic E-state index is 0.245. The third-order valence-corrected chi connectivity index (χ3v) is 2.95. The lowest BCUT2D eigenvalue weighted by Crippen LogP contribution is -2.36. The van der Waals surface area contributed by atoms with Gasteiger partial charge in [-0.15, -0.1) is 0 Å². The molecule has 106 valence electrons. The third kappa shape index (κ3) is 4.74. The lowest BCUT2D eigenvalue weighted by molar-refractivity contribution is -0.119. The van der Waals surface area contributed by atoms with Crippen LogP contribution in [-0.4, -0.2) is 25.1 Å². The highest BCUT2D eigenvalue weighted by atomic mass is 79.9. The lowest BCUT2D eigenvalue weighted by Gasteiger charge is -2.27. The molecule has 0 aliphatic rings. The number of nitrogens with two attached hydrogens (primary N) is 1. The van der Waals surface area contributed by atoms with Crippen LogP contribution < -0.4 is 10.6 Å². The monoisotopic (exact) mass is 337 g/mol. The molecule has 0 aliphatic carbocycles. The number of nitrogen functional groups attached to an aromatic ring is 1. The predicted octanol–water partition coefficient (Wildman–Crippen LogP) is 3.51. The van der Waals surface area contributed by atoms with Gasteiger partial charge in [0.15, 0.2) is 0 Å². The van der Waals surface area contributed by atoms with Crippen LogP contribution in [0.4, 0.5) is 18.9 Å². The Kier molecular flexibility index (Phi) is 5.22. The molecule has 7 heteroatoms. The van der Waals surface area contributed by atoms with Crippen LogP contribution in [0.3, 0.4) is 0 Å². The molecule has 0 bridgehead atoms. The van der Waals surface area contributed by atoms with Crippen molar-refractivity contribution in [1.82, 2.24) is 0 Å². The normalized spacial score (nSPS) is 11.4. The number of nitrogens with one attached hydrogen (secondary N) is 1. The molecule has 3 nitrogen and oxygen atoms in total. The maximum atomic E-state index is 12.6. The van der Waals surface area contributed by atoms with Crippen LogP contribution in [0.15, 0.2) is 22.7 Å². The SMILES string of the molecule is CCCN(CC(F)(F)F)c1cc(Br)ccc1C(=N)N. The molecule has 0 aromatic heterocycles. The quantitative estimate of drug-likeness (QED) is 0.638. The van der Waals surface area contributed by atoms with Gasteiger partial charge in [0.1, 0.15) is 12.4 Å². The largest absolute Gasteiger partial charge is 0.405 e. The van der Waals surface area contributed by atoms with Crippen molar-refractivity contribution >= 4 is 27.5 Å². The van der Waals surface area contributed by atoms with Gasteiger partial charge in [-0.1, -0.05) is 22.9 Å². The van der Waals surface area contributed by atoms with Crippen molar-refractivity contribution in [3.05, 3.63) is 28.2 Å². The highest BCUT2D eigenvalue weighted by Gasteiger charge is 2.31. The fraction of sp³-hybridized carbons (Fsp3) is 0.417. The first kappa shape index (κ1) is 15.8. The first-order valence-electron chi connectivity index (χ1n) is 5.70. The number of amidine groups is 1. The molecule has 0 atom stereocenters. The number of rotatable bonds is 5. The van der Waals surface area contributed by atoms with Crippen molar-refractivity contribution < 1.29 is 13.2 Å². The highest BCUT2D eigenvalue weighted by molar-refractivity contribution is 9.10. The number of benzene rings is 1. The second kappa shape index (κ2) is 6.27. The van der Waals surface area contributed by atoms with Crippen LogP contribution in [0.2, 0.25) is 0 Å².